The summed E-state index contributed by atoms with van der Waals surface area (Å²) in [6.07, 6.45) is 4.54. The molecule has 0 aromatic heterocycles. The summed E-state index contributed by atoms with van der Waals surface area (Å²) in [4.78, 5) is 0. The Bertz CT molecular complexity index is 365. The molecule has 1 aromatic carbocycles. The maximum atomic E-state index is 9.29. The molecule has 1 aliphatic carbocycles. The highest BCUT2D eigenvalue weighted by atomic mass is 35.5. The second kappa shape index (κ2) is 4.82. The van der Waals surface area contributed by atoms with E-state index in [0.717, 1.165) is 17.9 Å². The summed E-state index contributed by atoms with van der Waals surface area (Å²) >= 11 is 5.86. The molecule has 0 fully saturated rings. The molecule has 1 aromatic rings. The van der Waals surface area contributed by atoms with Gasteiger partial charge in [0, 0.05) is 5.02 Å². The minimum absolute atomic E-state index is 0.192. The number of aliphatic hydroxyl groups is 1. The maximum absolute atomic E-state index is 9.29. The Morgan fingerprint density at radius 2 is 1.73 bits per heavy atom. The highest BCUT2D eigenvalue weighted by Gasteiger charge is 2.13. The van der Waals surface area contributed by atoms with E-state index in [1.165, 1.54) is 29.6 Å². The van der Waals surface area contributed by atoms with Crippen molar-refractivity contribution in [2.45, 2.75) is 25.7 Å². The molecule has 0 radical (unpaired) electrons. The average molecular weight is 223 g/mol. The molecule has 80 valence electrons. The Morgan fingerprint density at radius 3 is 2.40 bits per heavy atom. The van der Waals surface area contributed by atoms with Crippen LogP contribution < -0.4 is 0 Å². The van der Waals surface area contributed by atoms with Gasteiger partial charge in [0.25, 0.3) is 0 Å². The van der Waals surface area contributed by atoms with Crippen molar-refractivity contribution in [2.75, 3.05) is 6.61 Å². The Morgan fingerprint density at radius 1 is 1.07 bits per heavy atom. The van der Waals surface area contributed by atoms with E-state index in [2.05, 4.69) is 0 Å². The number of aliphatic hydroxyl groups excluding tert-OH is 1. The molecule has 0 unspecified atom stereocenters. The number of hydrogen-bond acceptors (Lipinski definition) is 1. The van der Waals surface area contributed by atoms with Gasteiger partial charge in [-0.25, -0.2) is 0 Å². The molecule has 0 heterocycles. The van der Waals surface area contributed by atoms with Crippen LogP contribution in [0.2, 0.25) is 5.02 Å². The van der Waals surface area contributed by atoms with Gasteiger partial charge in [-0.15, -0.1) is 0 Å². The molecule has 0 saturated carbocycles. The summed E-state index contributed by atoms with van der Waals surface area (Å²) in [6.45, 7) is 0.192. The third-order valence-electron chi connectivity index (χ3n) is 2.97. The van der Waals surface area contributed by atoms with Crippen LogP contribution in [0.3, 0.4) is 0 Å². The first-order valence-electron chi connectivity index (χ1n) is 5.39. The molecule has 0 spiro atoms. The SMILES string of the molecule is OCC1=C(c2ccc(Cl)cc2)CCCC1. The second-order valence-electron chi connectivity index (χ2n) is 3.95. The lowest BCUT2D eigenvalue weighted by atomic mass is 9.88. The predicted molar refractivity (Wildman–Crippen MR) is 63.9 cm³/mol. The van der Waals surface area contributed by atoms with Crippen molar-refractivity contribution in [3.63, 3.8) is 0 Å². The smallest absolute Gasteiger partial charge is 0.0647 e. The molecule has 0 bridgehead atoms. The Labute approximate surface area is 95.4 Å². The zero-order valence-corrected chi connectivity index (χ0v) is 9.43. The summed E-state index contributed by atoms with van der Waals surface area (Å²) in [7, 11) is 0. The molecular formula is C13H15ClO. The van der Waals surface area contributed by atoms with Crippen LogP contribution in [0.4, 0.5) is 0 Å². The van der Waals surface area contributed by atoms with Crippen LogP contribution in [0, 0.1) is 0 Å². The fourth-order valence-electron chi connectivity index (χ4n) is 2.14. The summed E-state index contributed by atoms with van der Waals surface area (Å²) in [6, 6.07) is 7.90. The van der Waals surface area contributed by atoms with Crippen molar-refractivity contribution in [1.82, 2.24) is 0 Å². The van der Waals surface area contributed by atoms with Crippen LogP contribution >= 0.6 is 11.6 Å². The standard InChI is InChI=1S/C13H15ClO/c14-12-7-5-10(6-8-12)13-4-2-1-3-11(13)9-15/h5-8,15H,1-4,9H2. The van der Waals surface area contributed by atoms with Gasteiger partial charge in [0.05, 0.1) is 6.61 Å². The number of hydrogen-bond donors (Lipinski definition) is 1. The Hall–Kier alpha value is -0.790. The largest absolute Gasteiger partial charge is 0.392 e. The zero-order valence-electron chi connectivity index (χ0n) is 8.67. The van der Waals surface area contributed by atoms with E-state index in [1.54, 1.807) is 0 Å². The van der Waals surface area contributed by atoms with Crippen LogP contribution in [0.5, 0.6) is 0 Å². The van der Waals surface area contributed by atoms with E-state index in [0.29, 0.717) is 0 Å². The van der Waals surface area contributed by atoms with Crippen LogP contribution in [0.1, 0.15) is 31.2 Å². The lowest BCUT2D eigenvalue weighted by Crippen LogP contribution is -2.02. The van der Waals surface area contributed by atoms with Gasteiger partial charge < -0.3 is 5.11 Å². The Kier molecular flexibility index (Phi) is 3.45. The quantitative estimate of drug-likeness (QED) is 0.810. The molecule has 1 aliphatic rings. The molecular weight excluding hydrogens is 208 g/mol. The summed E-state index contributed by atoms with van der Waals surface area (Å²) in [5.41, 5.74) is 3.73. The van der Waals surface area contributed by atoms with E-state index in [4.69, 9.17) is 11.6 Å². The number of allylic oxidation sites excluding steroid dienone is 1. The molecule has 1 nitrogen and oxygen atoms in total. The topological polar surface area (TPSA) is 20.2 Å². The van der Waals surface area contributed by atoms with Crippen LogP contribution in [-0.2, 0) is 0 Å². The number of rotatable bonds is 2. The van der Waals surface area contributed by atoms with E-state index in [1.807, 2.05) is 24.3 Å². The van der Waals surface area contributed by atoms with Gasteiger partial charge >= 0.3 is 0 Å². The predicted octanol–water partition coefficient (Wildman–Crippen LogP) is 3.66. The van der Waals surface area contributed by atoms with Crippen LogP contribution in [0.15, 0.2) is 29.8 Å². The maximum Gasteiger partial charge on any atom is 0.0647 e. The summed E-state index contributed by atoms with van der Waals surface area (Å²) in [5.74, 6) is 0. The van der Waals surface area contributed by atoms with E-state index >= 15 is 0 Å². The van der Waals surface area contributed by atoms with Crippen molar-refractivity contribution in [1.29, 1.82) is 0 Å². The minimum atomic E-state index is 0.192. The third kappa shape index (κ3) is 2.42. The molecule has 2 rings (SSSR count). The molecule has 0 atom stereocenters. The highest BCUT2D eigenvalue weighted by molar-refractivity contribution is 6.30. The molecule has 1 N–H and O–H groups in total. The highest BCUT2D eigenvalue weighted by Crippen LogP contribution is 2.32. The van der Waals surface area contributed by atoms with Gasteiger partial charge in [-0.3, -0.25) is 0 Å². The number of benzene rings is 1. The first kappa shape index (κ1) is 10.7. The van der Waals surface area contributed by atoms with Gasteiger partial charge in [-0.05, 0) is 54.5 Å². The van der Waals surface area contributed by atoms with Crippen LogP contribution in [0.25, 0.3) is 5.57 Å². The van der Waals surface area contributed by atoms with Crippen LogP contribution in [-0.4, -0.2) is 11.7 Å². The van der Waals surface area contributed by atoms with Gasteiger partial charge in [-0.2, -0.15) is 0 Å². The van der Waals surface area contributed by atoms with Gasteiger partial charge in [0.2, 0.25) is 0 Å². The third-order valence-corrected chi connectivity index (χ3v) is 3.22. The van der Waals surface area contributed by atoms with Crippen molar-refractivity contribution in [3.05, 3.63) is 40.4 Å². The van der Waals surface area contributed by atoms with Gasteiger partial charge in [0.15, 0.2) is 0 Å². The molecule has 2 heteroatoms. The van der Waals surface area contributed by atoms with Gasteiger partial charge in [-0.1, -0.05) is 23.7 Å². The first-order valence-corrected chi connectivity index (χ1v) is 5.77. The molecule has 15 heavy (non-hydrogen) atoms. The monoisotopic (exact) mass is 222 g/mol. The molecule has 0 aliphatic heterocycles. The van der Waals surface area contributed by atoms with Gasteiger partial charge in [0.1, 0.15) is 0 Å². The van der Waals surface area contributed by atoms with Crippen molar-refractivity contribution >= 4 is 17.2 Å². The zero-order chi connectivity index (χ0) is 10.7. The first-order chi connectivity index (χ1) is 7.31. The number of halogens is 1. The van der Waals surface area contributed by atoms with Crippen molar-refractivity contribution < 1.29 is 5.11 Å². The van der Waals surface area contributed by atoms with Crippen molar-refractivity contribution in [2.24, 2.45) is 0 Å². The van der Waals surface area contributed by atoms with E-state index in [9.17, 15) is 5.11 Å². The normalized spacial score (nSPS) is 16.9. The van der Waals surface area contributed by atoms with Crippen molar-refractivity contribution in [3.8, 4) is 0 Å². The average Bonchev–Trinajstić information content (AvgIpc) is 2.30. The molecule has 0 saturated heterocycles. The lowest BCUT2D eigenvalue weighted by molar-refractivity contribution is 0.324. The van der Waals surface area contributed by atoms with E-state index < -0.39 is 0 Å². The molecule has 0 amide bonds. The summed E-state index contributed by atoms with van der Waals surface area (Å²) in [5, 5.41) is 10.1. The Balaban J connectivity index is 2.35. The summed E-state index contributed by atoms with van der Waals surface area (Å²) < 4.78 is 0. The second-order valence-corrected chi connectivity index (χ2v) is 4.39. The lowest BCUT2D eigenvalue weighted by Gasteiger charge is -2.19. The fraction of sp³-hybridized carbons (Fsp3) is 0.385. The fourth-order valence-corrected chi connectivity index (χ4v) is 2.27. The minimum Gasteiger partial charge on any atom is -0.392 e. The van der Waals surface area contributed by atoms with E-state index in [-0.39, 0.29) is 6.61 Å².